The van der Waals surface area contributed by atoms with E-state index in [1.54, 1.807) is 11.8 Å². The highest BCUT2D eigenvalue weighted by molar-refractivity contribution is 7.98. The van der Waals surface area contributed by atoms with Crippen LogP contribution >= 0.6 is 11.8 Å². The summed E-state index contributed by atoms with van der Waals surface area (Å²) in [5.74, 6) is 0. The summed E-state index contributed by atoms with van der Waals surface area (Å²) in [6, 6.07) is 2.22. The molecule has 13 heavy (non-hydrogen) atoms. The molecule has 0 unspecified atom stereocenters. The molecule has 0 spiro atoms. The molecular weight excluding hydrogens is 178 g/mol. The molecule has 72 valence electrons. The van der Waals surface area contributed by atoms with Crippen molar-refractivity contribution in [2.45, 2.75) is 25.7 Å². The molecule has 0 heterocycles. The molecule has 0 radical (unpaired) electrons. The van der Waals surface area contributed by atoms with Gasteiger partial charge in [-0.1, -0.05) is 0 Å². The van der Waals surface area contributed by atoms with E-state index in [0.717, 1.165) is 0 Å². The fraction of sp³-hybridized carbons (Fsp3) is 0.455. The maximum absolute atomic E-state index is 3.23. The summed E-state index contributed by atoms with van der Waals surface area (Å²) in [7, 11) is 1.98. The van der Waals surface area contributed by atoms with Gasteiger partial charge < -0.3 is 5.32 Å². The van der Waals surface area contributed by atoms with Crippen molar-refractivity contribution < 1.29 is 0 Å². The van der Waals surface area contributed by atoms with Gasteiger partial charge >= 0.3 is 0 Å². The van der Waals surface area contributed by atoms with Crippen molar-refractivity contribution in [2.75, 3.05) is 18.6 Å². The van der Waals surface area contributed by atoms with Gasteiger partial charge in [0.1, 0.15) is 0 Å². The standard InChI is InChI=1S/C11H17NS/c1-7-6-10(12-4)11(13-5)9(3)8(7)2/h6,12H,1-5H3. The maximum Gasteiger partial charge on any atom is 0.0481 e. The smallest absolute Gasteiger partial charge is 0.0481 e. The second kappa shape index (κ2) is 4.05. The fourth-order valence-electron chi connectivity index (χ4n) is 1.51. The van der Waals surface area contributed by atoms with E-state index in [2.05, 4.69) is 38.4 Å². The van der Waals surface area contributed by atoms with Gasteiger partial charge in [-0.15, -0.1) is 11.8 Å². The lowest BCUT2D eigenvalue weighted by Gasteiger charge is -2.14. The molecule has 2 heteroatoms. The Balaban J connectivity index is 3.39. The lowest BCUT2D eigenvalue weighted by molar-refractivity contribution is 1.18. The molecule has 0 amide bonds. The number of benzene rings is 1. The minimum absolute atomic E-state index is 1.24. The van der Waals surface area contributed by atoms with Crippen LogP contribution in [0, 0.1) is 20.8 Å². The van der Waals surface area contributed by atoms with Crippen molar-refractivity contribution in [3.8, 4) is 0 Å². The molecule has 0 atom stereocenters. The first-order valence-electron chi connectivity index (χ1n) is 4.44. The van der Waals surface area contributed by atoms with Gasteiger partial charge in [0.25, 0.3) is 0 Å². The minimum Gasteiger partial charge on any atom is -0.387 e. The van der Waals surface area contributed by atoms with E-state index in [1.807, 2.05) is 7.05 Å². The zero-order valence-electron chi connectivity index (χ0n) is 8.99. The van der Waals surface area contributed by atoms with E-state index >= 15 is 0 Å². The number of hydrogen-bond acceptors (Lipinski definition) is 2. The predicted molar refractivity (Wildman–Crippen MR) is 62.0 cm³/mol. The molecule has 0 aliphatic heterocycles. The summed E-state index contributed by atoms with van der Waals surface area (Å²) in [4.78, 5) is 1.37. The van der Waals surface area contributed by atoms with Crippen molar-refractivity contribution in [3.63, 3.8) is 0 Å². The third-order valence-electron chi connectivity index (χ3n) is 2.57. The number of anilines is 1. The van der Waals surface area contributed by atoms with Crippen LogP contribution in [-0.4, -0.2) is 13.3 Å². The highest BCUT2D eigenvalue weighted by Crippen LogP contribution is 2.32. The number of thioether (sulfide) groups is 1. The van der Waals surface area contributed by atoms with E-state index in [0.29, 0.717) is 0 Å². The largest absolute Gasteiger partial charge is 0.387 e. The first kappa shape index (κ1) is 10.5. The molecule has 0 fully saturated rings. The monoisotopic (exact) mass is 195 g/mol. The van der Waals surface area contributed by atoms with Gasteiger partial charge in [0.05, 0.1) is 0 Å². The Morgan fingerprint density at radius 1 is 1.15 bits per heavy atom. The van der Waals surface area contributed by atoms with E-state index in [4.69, 9.17) is 0 Å². The fourth-order valence-corrected chi connectivity index (χ4v) is 2.35. The van der Waals surface area contributed by atoms with E-state index < -0.39 is 0 Å². The molecule has 1 nitrogen and oxygen atoms in total. The van der Waals surface area contributed by atoms with Crippen LogP contribution in [0.5, 0.6) is 0 Å². The van der Waals surface area contributed by atoms with Crippen LogP contribution in [0.2, 0.25) is 0 Å². The molecule has 1 N–H and O–H groups in total. The maximum atomic E-state index is 3.23. The SMILES string of the molecule is CNc1cc(C)c(C)c(C)c1SC. The van der Waals surface area contributed by atoms with Crippen molar-refractivity contribution >= 4 is 17.4 Å². The number of aryl methyl sites for hydroxylation is 1. The van der Waals surface area contributed by atoms with Crippen LogP contribution in [0.4, 0.5) is 5.69 Å². The van der Waals surface area contributed by atoms with Gasteiger partial charge in [-0.25, -0.2) is 0 Å². The van der Waals surface area contributed by atoms with Crippen LogP contribution in [0.15, 0.2) is 11.0 Å². The molecule has 0 aliphatic rings. The Kier molecular flexibility index (Phi) is 3.26. The van der Waals surface area contributed by atoms with Gasteiger partial charge in [0.15, 0.2) is 0 Å². The van der Waals surface area contributed by atoms with Crippen molar-refractivity contribution in [1.29, 1.82) is 0 Å². The van der Waals surface area contributed by atoms with Crippen LogP contribution in [-0.2, 0) is 0 Å². The van der Waals surface area contributed by atoms with E-state index in [9.17, 15) is 0 Å². The first-order chi connectivity index (χ1) is 6.11. The van der Waals surface area contributed by atoms with Gasteiger partial charge in [-0.3, -0.25) is 0 Å². The highest BCUT2D eigenvalue weighted by atomic mass is 32.2. The van der Waals surface area contributed by atoms with Gasteiger partial charge in [-0.05, 0) is 49.8 Å². The lowest BCUT2D eigenvalue weighted by Crippen LogP contribution is -1.97. The summed E-state index contributed by atoms with van der Waals surface area (Å²) < 4.78 is 0. The van der Waals surface area contributed by atoms with Gasteiger partial charge in [0.2, 0.25) is 0 Å². The molecule has 0 saturated carbocycles. The molecule has 1 rings (SSSR count). The summed E-state index contributed by atoms with van der Waals surface area (Å²) in [6.07, 6.45) is 2.12. The lowest BCUT2D eigenvalue weighted by atomic mass is 10.0. The van der Waals surface area contributed by atoms with Crippen LogP contribution in [0.25, 0.3) is 0 Å². The minimum atomic E-state index is 1.24. The zero-order chi connectivity index (χ0) is 10.0. The molecule has 0 aromatic heterocycles. The van der Waals surface area contributed by atoms with Crippen molar-refractivity contribution in [2.24, 2.45) is 0 Å². The van der Waals surface area contributed by atoms with Crippen molar-refractivity contribution in [3.05, 3.63) is 22.8 Å². The van der Waals surface area contributed by atoms with Crippen molar-refractivity contribution in [1.82, 2.24) is 0 Å². The predicted octanol–water partition coefficient (Wildman–Crippen LogP) is 3.38. The Bertz CT molecular complexity index is 318. The average molecular weight is 195 g/mol. The topological polar surface area (TPSA) is 12.0 Å². The van der Waals surface area contributed by atoms with Gasteiger partial charge in [-0.2, -0.15) is 0 Å². The summed E-state index contributed by atoms with van der Waals surface area (Å²) >= 11 is 1.81. The first-order valence-corrected chi connectivity index (χ1v) is 5.66. The number of nitrogens with one attached hydrogen (secondary N) is 1. The van der Waals surface area contributed by atoms with E-state index in [-0.39, 0.29) is 0 Å². The second-order valence-corrected chi connectivity index (χ2v) is 4.09. The average Bonchev–Trinajstić information content (AvgIpc) is 2.13. The third kappa shape index (κ3) is 1.83. The number of rotatable bonds is 2. The Morgan fingerprint density at radius 2 is 1.77 bits per heavy atom. The third-order valence-corrected chi connectivity index (χ3v) is 3.51. The molecule has 0 aliphatic carbocycles. The van der Waals surface area contributed by atoms with Crippen LogP contribution in [0.3, 0.4) is 0 Å². The van der Waals surface area contributed by atoms with Gasteiger partial charge in [0, 0.05) is 17.6 Å². The van der Waals surface area contributed by atoms with Crippen LogP contribution < -0.4 is 5.32 Å². The molecule has 1 aromatic carbocycles. The Labute approximate surface area is 84.9 Å². The quantitative estimate of drug-likeness (QED) is 0.726. The Morgan fingerprint density at radius 3 is 2.23 bits per heavy atom. The zero-order valence-corrected chi connectivity index (χ0v) is 9.80. The Hall–Kier alpha value is -0.630. The molecule has 0 saturated heterocycles. The molecule has 1 aromatic rings. The van der Waals surface area contributed by atoms with E-state index in [1.165, 1.54) is 27.3 Å². The number of hydrogen-bond donors (Lipinski definition) is 1. The summed E-state index contributed by atoms with van der Waals surface area (Å²) in [6.45, 7) is 6.53. The summed E-state index contributed by atoms with van der Waals surface area (Å²) in [5.41, 5.74) is 5.41. The molecular formula is C11H17NS. The highest BCUT2D eigenvalue weighted by Gasteiger charge is 2.08. The summed E-state index contributed by atoms with van der Waals surface area (Å²) in [5, 5.41) is 3.23. The second-order valence-electron chi connectivity index (χ2n) is 3.27. The normalized spacial score (nSPS) is 10.2. The molecule has 0 bridgehead atoms. The van der Waals surface area contributed by atoms with Crippen LogP contribution in [0.1, 0.15) is 16.7 Å².